The molecule has 0 spiro atoms. The van der Waals surface area contributed by atoms with Crippen molar-refractivity contribution in [3.05, 3.63) is 52.4 Å². The van der Waals surface area contributed by atoms with Crippen LogP contribution >= 0.6 is 0 Å². The molecule has 1 N–H and O–H groups in total. The zero-order valence-electron chi connectivity index (χ0n) is 18.2. The first kappa shape index (κ1) is 23.9. The van der Waals surface area contributed by atoms with E-state index in [2.05, 4.69) is 21.5 Å². The van der Waals surface area contributed by atoms with E-state index in [1.807, 2.05) is 26.0 Å². The topological polar surface area (TPSA) is 76.3 Å². The summed E-state index contributed by atoms with van der Waals surface area (Å²) >= 11 is 0. The Labute approximate surface area is 181 Å². The predicted molar refractivity (Wildman–Crippen MR) is 114 cm³/mol. The number of rotatable bonds is 10. The number of carbonyl (C=O) groups is 1. The molecule has 31 heavy (non-hydrogen) atoms. The van der Waals surface area contributed by atoms with Crippen LogP contribution in [0.25, 0.3) is 6.08 Å². The zero-order valence-corrected chi connectivity index (χ0v) is 18.2. The van der Waals surface area contributed by atoms with E-state index >= 15 is 0 Å². The molecule has 0 saturated carbocycles. The number of nitrogens with zero attached hydrogens (tertiary/aromatic N) is 2. The standard InChI is InChI=1S/C23H27F2N3O3/c1-5-10-28-15(2)11-18(16(28)3)13-19(14-26)22(29)27-9-8-17-6-7-20(30-4)21(12-17)31-23(24)25/h6-7,11-13,23H,5,8-10H2,1-4H3,(H,27,29)/b19-13+. The molecule has 1 amide bonds. The fourth-order valence-electron chi connectivity index (χ4n) is 3.33. The maximum Gasteiger partial charge on any atom is 0.387 e. The van der Waals surface area contributed by atoms with Gasteiger partial charge < -0.3 is 19.4 Å². The van der Waals surface area contributed by atoms with Crippen LogP contribution in [0.4, 0.5) is 8.78 Å². The highest BCUT2D eigenvalue weighted by Crippen LogP contribution is 2.29. The van der Waals surface area contributed by atoms with E-state index in [4.69, 9.17) is 4.74 Å². The lowest BCUT2D eigenvalue weighted by Crippen LogP contribution is -2.26. The number of ether oxygens (including phenoxy) is 2. The number of carbonyl (C=O) groups excluding carboxylic acids is 1. The minimum Gasteiger partial charge on any atom is -0.493 e. The molecule has 0 bridgehead atoms. The largest absolute Gasteiger partial charge is 0.493 e. The number of aromatic nitrogens is 1. The molecule has 0 aliphatic heterocycles. The highest BCUT2D eigenvalue weighted by atomic mass is 19.3. The van der Waals surface area contributed by atoms with Gasteiger partial charge in [-0.1, -0.05) is 13.0 Å². The van der Waals surface area contributed by atoms with Gasteiger partial charge in [-0.2, -0.15) is 14.0 Å². The number of nitrogens with one attached hydrogen (secondary N) is 1. The van der Waals surface area contributed by atoms with E-state index in [1.54, 1.807) is 12.1 Å². The molecule has 0 unspecified atom stereocenters. The van der Waals surface area contributed by atoms with Crippen molar-refractivity contribution in [2.75, 3.05) is 13.7 Å². The number of hydrogen-bond donors (Lipinski definition) is 1. The summed E-state index contributed by atoms with van der Waals surface area (Å²) in [4.78, 5) is 12.5. The monoisotopic (exact) mass is 431 g/mol. The Morgan fingerprint density at radius 3 is 2.65 bits per heavy atom. The van der Waals surface area contributed by atoms with Gasteiger partial charge in [-0.3, -0.25) is 4.79 Å². The summed E-state index contributed by atoms with van der Waals surface area (Å²) in [6.45, 7) is 4.18. The van der Waals surface area contributed by atoms with E-state index in [9.17, 15) is 18.8 Å². The van der Waals surface area contributed by atoms with Gasteiger partial charge in [0, 0.05) is 24.5 Å². The maximum absolute atomic E-state index is 12.6. The molecule has 0 aliphatic rings. The molecule has 1 heterocycles. The summed E-state index contributed by atoms with van der Waals surface area (Å²) in [7, 11) is 1.36. The van der Waals surface area contributed by atoms with Gasteiger partial charge in [-0.15, -0.1) is 0 Å². The third-order valence-corrected chi connectivity index (χ3v) is 4.87. The molecule has 166 valence electrons. The van der Waals surface area contributed by atoms with Crippen LogP contribution in [0.15, 0.2) is 29.8 Å². The summed E-state index contributed by atoms with van der Waals surface area (Å²) in [5.74, 6) is -0.356. The molecule has 0 aliphatic carbocycles. The van der Waals surface area contributed by atoms with Crippen molar-refractivity contribution in [3.63, 3.8) is 0 Å². The van der Waals surface area contributed by atoms with Crippen LogP contribution in [0.3, 0.4) is 0 Å². The molecular weight excluding hydrogens is 404 g/mol. The fourth-order valence-corrected chi connectivity index (χ4v) is 3.33. The Bertz CT molecular complexity index is 991. The van der Waals surface area contributed by atoms with Crippen LogP contribution in [-0.2, 0) is 17.8 Å². The first-order valence-corrected chi connectivity index (χ1v) is 9.99. The molecule has 2 aromatic rings. The Kier molecular flexibility index (Phi) is 8.62. The molecule has 6 nitrogen and oxygen atoms in total. The number of benzene rings is 1. The van der Waals surface area contributed by atoms with Crippen LogP contribution in [0, 0.1) is 25.2 Å². The van der Waals surface area contributed by atoms with Crippen LogP contribution in [0.5, 0.6) is 11.5 Å². The number of amides is 1. The van der Waals surface area contributed by atoms with Gasteiger partial charge in [-0.25, -0.2) is 0 Å². The number of halogens is 2. The molecule has 8 heteroatoms. The zero-order chi connectivity index (χ0) is 23.0. The van der Waals surface area contributed by atoms with Crippen molar-refractivity contribution in [1.82, 2.24) is 9.88 Å². The van der Waals surface area contributed by atoms with Crippen LogP contribution in [0.2, 0.25) is 0 Å². The second-order valence-electron chi connectivity index (χ2n) is 7.02. The molecule has 0 radical (unpaired) electrons. The average molecular weight is 431 g/mol. The Morgan fingerprint density at radius 1 is 1.29 bits per heavy atom. The molecule has 0 fully saturated rings. The van der Waals surface area contributed by atoms with Crippen molar-refractivity contribution in [2.24, 2.45) is 0 Å². The molecule has 0 atom stereocenters. The van der Waals surface area contributed by atoms with Gasteiger partial charge in [0.2, 0.25) is 0 Å². The summed E-state index contributed by atoms with van der Waals surface area (Å²) in [5.41, 5.74) is 3.60. The van der Waals surface area contributed by atoms with E-state index in [-0.39, 0.29) is 23.6 Å². The molecular formula is C23H27F2N3O3. The summed E-state index contributed by atoms with van der Waals surface area (Å²) < 4.78 is 36.7. The summed E-state index contributed by atoms with van der Waals surface area (Å²) in [6, 6.07) is 8.58. The summed E-state index contributed by atoms with van der Waals surface area (Å²) in [5, 5.41) is 12.1. The van der Waals surface area contributed by atoms with Crippen LogP contribution in [0.1, 0.15) is 35.9 Å². The smallest absolute Gasteiger partial charge is 0.387 e. The molecule has 0 saturated heterocycles. The van der Waals surface area contributed by atoms with Gasteiger partial charge in [0.25, 0.3) is 5.91 Å². The number of hydrogen-bond acceptors (Lipinski definition) is 4. The molecule has 1 aromatic heterocycles. The second kappa shape index (κ2) is 11.2. The first-order chi connectivity index (χ1) is 14.8. The minimum atomic E-state index is -2.97. The van der Waals surface area contributed by atoms with Gasteiger partial charge in [-0.05, 0) is 62.1 Å². The number of nitriles is 1. The van der Waals surface area contributed by atoms with E-state index in [0.717, 1.165) is 29.9 Å². The quantitative estimate of drug-likeness (QED) is 0.447. The average Bonchev–Trinajstić information content (AvgIpc) is 2.99. The van der Waals surface area contributed by atoms with Crippen LogP contribution < -0.4 is 14.8 Å². The number of alkyl halides is 2. The maximum atomic E-state index is 12.6. The van der Waals surface area contributed by atoms with E-state index in [0.29, 0.717) is 12.0 Å². The highest BCUT2D eigenvalue weighted by molar-refractivity contribution is 6.01. The van der Waals surface area contributed by atoms with Gasteiger partial charge in [0.05, 0.1) is 7.11 Å². The second-order valence-corrected chi connectivity index (χ2v) is 7.02. The Balaban J connectivity index is 2.06. The third kappa shape index (κ3) is 6.32. The lowest BCUT2D eigenvalue weighted by molar-refractivity contribution is -0.117. The van der Waals surface area contributed by atoms with Gasteiger partial charge >= 0.3 is 6.61 Å². The molecule has 1 aromatic carbocycles. The predicted octanol–water partition coefficient (Wildman–Crippen LogP) is 4.39. The lowest BCUT2D eigenvalue weighted by atomic mass is 10.1. The minimum absolute atomic E-state index is 0.00759. The van der Waals surface area contributed by atoms with E-state index < -0.39 is 12.5 Å². The SMILES string of the molecule is CCCn1c(C)cc(/C=C(\C#N)C(=O)NCCc2ccc(OC)c(OC(F)F)c2)c1C. The third-order valence-electron chi connectivity index (χ3n) is 4.87. The van der Waals surface area contributed by atoms with Gasteiger partial charge in [0.15, 0.2) is 11.5 Å². The normalized spacial score (nSPS) is 11.4. The first-order valence-electron chi connectivity index (χ1n) is 9.99. The van der Waals surface area contributed by atoms with Crippen LogP contribution in [-0.4, -0.2) is 30.7 Å². The van der Waals surface area contributed by atoms with Gasteiger partial charge in [0.1, 0.15) is 11.6 Å². The molecule has 2 rings (SSSR count). The fraction of sp³-hybridized carbons (Fsp3) is 0.391. The van der Waals surface area contributed by atoms with Crippen molar-refractivity contribution < 1.29 is 23.0 Å². The van der Waals surface area contributed by atoms with E-state index in [1.165, 1.54) is 19.2 Å². The number of aryl methyl sites for hydroxylation is 1. The Hall–Kier alpha value is -3.34. The number of methoxy groups -OCH3 is 1. The lowest BCUT2D eigenvalue weighted by Gasteiger charge is -2.12. The Morgan fingerprint density at radius 2 is 2.03 bits per heavy atom. The van der Waals surface area contributed by atoms with Crippen molar-refractivity contribution in [3.8, 4) is 17.6 Å². The summed E-state index contributed by atoms with van der Waals surface area (Å²) in [6.07, 6.45) is 2.95. The van der Waals surface area contributed by atoms with Crippen molar-refractivity contribution >= 4 is 12.0 Å². The highest BCUT2D eigenvalue weighted by Gasteiger charge is 2.14. The van der Waals surface area contributed by atoms with Crippen molar-refractivity contribution in [2.45, 2.75) is 46.8 Å². The van der Waals surface area contributed by atoms with Crippen molar-refractivity contribution in [1.29, 1.82) is 5.26 Å².